The fourth-order valence-corrected chi connectivity index (χ4v) is 1.70. The standard InChI is InChI=1S/C12H7Cl2FN2O/c13-7-4-5-10(16-6-7)17-12(18)11-8(14)2-1-3-9(11)15/h1-6H,(H,16,17,18). The molecule has 3 nitrogen and oxygen atoms in total. The summed E-state index contributed by atoms with van der Waals surface area (Å²) in [5, 5.41) is 2.92. The highest BCUT2D eigenvalue weighted by molar-refractivity contribution is 6.34. The highest BCUT2D eigenvalue weighted by Gasteiger charge is 2.16. The Morgan fingerprint density at radius 3 is 2.61 bits per heavy atom. The summed E-state index contributed by atoms with van der Waals surface area (Å²) in [6.45, 7) is 0. The number of aromatic nitrogens is 1. The second kappa shape index (κ2) is 5.33. The van der Waals surface area contributed by atoms with E-state index < -0.39 is 11.7 Å². The molecule has 0 spiro atoms. The van der Waals surface area contributed by atoms with E-state index in [9.17, 15) is 9.18 Å². The van der Waals surface area contributed by atoms with E-state index in [1.165, 1.54) is 24.4 Å². The van der Waals surface area contributed by atoms with Crippen molar-refractivity contribution < 1.29 is 9.18 Å². The van der Waals surface area contributed by atoms with Crippen molar-refractivity contribution in [2.45, 2.75) is 0 Å². The molecule has 0 fully saturated rings. The molecule has 1 aromatic heterocycles. The average Bonchev–Trinajstić information content (AvgIpc) is 2.32. The van der Waals surface area contributed by atoms with Crippen LogP contribution in [0.2, 0.25) is 10.0 Å². The fraction of sp³-hybridized carbons (Fsp3) is 0. The molecule has 1 aromatic carbocycles. The lowest BCUT2D eigenvalue weighted by Crippen LogP contribution is -2.15. The third kappa shape index (κ3) is 2.78. The number of carbonyl (C=O) groups is 1. The summed E-state index contributed by atoms with van der Waals surface area (Å²) in [6, 6.07) is 7.10. The van der Waals surface area contributed by atoms with E-state index >= 15 is 0 Å². The minimum absolute atomic E-state index is 0.0430. The molecule has 0 saturated carbocycles. The SMILES string of the molecule is O=C(Nc1ccc(Cl)cn1)c1c(F)cccc1Cl. The number of anilines is 1. The van der Waals surface area contributed by atoms with Crippen LogP contribution in [0.4, 0.5) is 10.2 Å². The lowest BCUT2D eigenvalue weighted by molar-refractivity contribution is 0.102. The van der Waals surface area contributed by atoms with Crippen LogP contribution in [0.5, 0.6) is 0 Å². The number of carbonyl (C=O) groups excluding carboxylic acids is 1. The van der Waals surface area contributed by atoms with Crippen LogP contribution in [0.1, 0.15) is 10.4 Å². The van der Waals surface area contributed by atoms with E-state index in [4.69, 9.17) is 23.2 Å². The quantitative estimate of drug-likeness (QED) is 0.912. The first kappa shape index (κ1) is 12.8. The van der Waals surface area contributed by atoms with E-state index in [0.29, 0.717) is 5.02 Å². The van der Waals surface area contributed by atoms with Gasteiger partial charge in [0.1, 0.15) is 11.6 Å². The van der Waals surface area contributed by atoms with Crippen LogP contribution in [-0.4, -0.2) is 10.9 Å². The molecule has 0 radical (unpaired) electrons. The Morgan fingerprint density at radius 2 is 2.00 bits per heavy atom. The summed E-state index contributed by atoms with van der Waals surface area (Å²) in [4.78, 5) is 15.7. The van der Waals surface area contributed by atoms with Crippen LogP contribution >= 0.6 is 23.2 Å². The lowest BCUT2D eigenvalue weighted by Gasteiger charge is -2.06. The maximum absolute atomic E-state index is 13.5. The first-order valence-electron chi connectivity index (χ1n) is 4.95. The molecule has 6 heteroatoms. The zero-order valence-corrected chi connectivity index (χ0v) is 10.5. The van der Waals surface area contributed by atoms with Gasteiger partial charge in [0, 0.05) is 6.20 Å². The van der Waals surface area contributed by atoms with E-state index in [0.717, 1.165) is 6.07 Å². The third-order valence-corrected chi connectivity index (χ3v) is 2.70. The molecule has 0 aliphatic carbocycles. The first-order valence-corrected chi connectivity index (χ1v) is 5.70. The monoisotopic (exact) mass is 284 g/mol. The van der Waals surface area contributed by atoms with Gasteiger partial charge in [-0.2, -0.15) is 0 Å². The topological polar surface area (TPSA) is 42.0 Å². The van der Waals surface area contributed by atoms with Crippen LogP contribution in [-0.2, 0) is 0 Å². The zero-order valence-electron chi connectivity index (χ0n) is 8.95. The van der Waals surface area contributed by atoms with Crippen molar-refractivity contribution in [3.8, 4) is 0 Å². The fourth-order valence-electron chi connectivity index (χ4n) is 1.34. The predicted octanol–water partition coefficient (Wildman–Crippen LogP) is 3.78. The van der Waals surface area contributed by atoms with Gasteiger partial charge in [-0.3, -0.25) is 4.79 Å². The van der Waals surface area contributed by atoms with Crippen molar-refractivity contribution in [1.29, 1.82) is 0 Å². The van der Waals surface area contributed by atoms with Crippen molar-refractivity contribution in [2.24, 2.45) is 0 Å². The Kier molecular flexibility index (Phi) is 3.79. The minimum atomic E-state index is -0.686. The molecule has 2 rings (SSSR count). The molecule has 0 aliphatic rings. The van der Waals surface area contributed by atoms with Crippen LogP contribution in [0.3, 0.4) is 0 Å². The van der Waals surface area contributed by atoms with Gasteiger partial charge in [0.25, 0.3) is 5.91 Å². The molecular weight excluding hydrogens is 278 g/mol. The summed E-state index contributed by atoms with van der Waals surface area (Å²) in [7, 11) is 0. The maximum atomic E-state index is 13.5. The second-order valence-corrected chi connectivity index (χ2v) is 4.26. The van der Waals surface area contributed by atoms with E-state index in [-0.39, 0.29) is 16.4 Å². The van der Waals surface area contributed by atoms with Crippen molar-refractivity contribution in [2.75, 3.05) is 5.32 Å². The third-order valence-electron chi connectivity index (χ3n) is 2.16. The van der Waals surface area contributed by atoms with Crippen LogP contribution in [0.25, 0.3) is 0 Å². The molecule has 0 saturated heterocycles. The van der Waals surface area contributed by atoms with Crippen molar-refractivity contribution in [3.05, 3.63) is 58.0 Å². The number of amides is 1. The summed E-state index contributed by atoms with van der Waals surface area (Å²) < 4.78 is 13.5. The Morgan fingerprint density at radius 1 is 1.22 bits per heavy atom. The Balaban J connectivity index is 2.25. The normalized spacial score (nSPS) is 10.2. The van der Waals surface area contributed by atoms with Crippen LogP contribution in [0, 0.1) is 5.82 Å². The van der Waals surface area contributed by atoms with Gasteiger partial charge in [-0.15, -0.1) is 0 Å². The summed E-state index contributed by atoms with van der Waals surface area (Å²) in [6.07, 6.45) is 1.38. The van der Waals surface area contributed by atoms with Crippen LogP contribution < -0.4 is 5.32 Å². The molecule has 0 bridgehead atoms. The Hall–Kier alpha value is -1.65. The Labute approximate surface area is 113 Å². The number of nitrogens with one attached hydrogen (secondary N) is 1. The maximum Gasteiger partial charge on any atom is 0.261 e. The lowest BCUT2D eigenvalue weighted by atomic mass is 10.2. The minimum Gasteiger partial charge on any atom is -0.306 e. The van der Waals surface area contributed by atoms with Crippen molar-refractivity contribution >= 4 is 34.9 Å². The van der Waals surface area contributed by atoms with Gasteiger partial charge in [-0.25, -0.2) is 9.37 Å². The van der Waals surface area contributed by atoms with Crippen molar-refractivity contribution in [1.82, 2.24) is 4.98 Å². The smallest absolute Gasteiger partial charge is 0.261 e. The van der Waals surface area contributed by atoms with Gasteiger partial charge in [0.15, 0.2) is 0 Å². The van der Waals surface area contributed by atoms with Gasteiger partial charge in [0.05, 0.1) is 15.6 Å². The largest absolute Gasteiger partial charge is 0.306 e. The zero-order chi connectivity index (χ0) is 13.1. The molecule has 1 N–H and O–H groups in total. The highest BCUT2D eigenvalue weighted by Crippen LogP contribution is 2.20. The molecule has 0 atom stereocenters. The van der Waals surface area contributed by atoms with Gasteiger partial charge in [-0.05, 0) is 24.3 Å². The molecule has 0 aliphatic heterocycles. The molecule has 18 heavy (non-hydrogen) atoms. The molecular formula is C12H7Cl2FN2O. The molecule has 2 aromatic rings. The Bertz CT molecular complexity index is 567. The number of benzene rings is 1. The van der Waals surface area contributed by atoms with E-state index in [2.05, 4.69) is 10.3 Å². The number of halogens is 3. The number of nitrogens with zero attached hydrogens (tertiary/aromatic N) is 1. The summed E-state index contributed by atoms with van der Waals surface area (Å²) in [5.74, 6) is -1.08. The highest BCUT2D eigenvalue weighted by atomic mass is 35.5. The molecule has 1 amide bonds. The summed E-state index contributed by atoms with van der Waals surface area (Å²) in [5.41, 5.74) is -0.212. The predicted molar refractivity (Wildman–Crippen MR) is 68.6 cm³/mol. The summed E-state index contributed by atoms with van der Waals surface area (Å²) >= 11 is 11.4. The molecule has 1 heterocycles. The number of hydrogen-bond donors (Lipinski definition) is 1. The van der Waals surface area contributed by atoms with Gasteiger partial charge >= 0.3 is 0 Å². The first-order chi connectivity index (χ1) is 8.58. The number of pyridine rings is 1. The number of hydrogen-bond acceptors (Lipinski definition) is 2. The number of rotatable bonds is 2. The molecule has 92 valence electrons. The van der Waals surface area contributed by atoms with E-state index in [1.807, 2.05) is 0 Å². The van der Waals surface area contributed by atoms with Gasteiger partial charge < -0.3 is 5.32 Å². The average molecular weight is 285 g/mol. The van der Waals surface area contributed by atoms with Crippen LogP contribution in [0.15, 0.2) is 36.5 Å². The van der Waals surface area contributed by atoms with Gasteiger partial charge in [0.2, 0.25) is 0 Å². The van der Waals surface area contributed by atoms with Crippen molar-refractivity contribution in [3.63, 3.8) is 0 Å². The second-order valence-electron chi connectivity index (χ2n) is 3.41. The molecule has 0 unspecified atom stereocenters. The van der Waals surface area contributed by atoms with E-state index in [1.54, 1.807) is 6.07 Å². The van der Waals surface area contributed by atoms with Gasteiger partial charge in [-0.1, -0.05) is 29.3 Å².